The van der Waals surface area contributed by atoms with Crippen LogP contribution in [0.1, 0.15) is 24.8 Å². The largest absolute Gasteiger partial charge is 0.376 e. The van der Waals surface area contributed by atoms with Crippen LogP contribution in [0, 0.1) is 5.82 Å². The number of rotatable bonds is 2. The van der Waals surface area contributed by atoms with Crippen LogP contribution in [0.2, 0.25) is 0 Å². The molecule has 0 unspecified atom stereocenters. The molecule has 1 spiro atoms. The van der Waals surface area contributed by atoms with Crippen LogP contribution in [0.3, 0.4) is 0 Å². The third-order valence-electron chi connectivity index (χ3n) is 4.91. The molecule has 4 rings (SSSR count). The van der Waals surface area contributed by atoms with Crippen molar-refractivity contribution in [2.24, 2.45) is 0 Å². The SMILES string of the molecule is O=C(N1CCC12COC2)C1(c2ccccc2F)CC1. The molecule has 0 aromatic heterocycles. The van der Waals surface area contributed by atoms with Crippen molar-refractivity contribution >= 4 is 5.91 Å². The van der Waals surface area contributed by atoms with Crippen molar-refractivity contribution in [3.8, 4) is 0 Å². The number of nitrogens with zero attached hydrogens (tertiary/aromatic N) is 1. The molecule has 0 N–H and O–H groups in total. The second-order valence-electron chi connectivity index (χ2n) is 5.99. The lowest BCUT2D eigenvalue weighted by Crippen LogP contribution is -2.73. The van der Waals surface area contributed by atoms with Crippen molar-refractivity contribution in [3.63, 3.8) is 0 Å². The zero-order valence-electron chi connectivity index (χ0n) is 10.7. The van der Waals surface area contributed by atoms with Gasteiger partial charge < -0.3 is 9.64 Å². The van der Waals surface area contributed by atoms with E-state index < -0.39 is 5.41 Å². The quantitative estimate of drug-likeness (QED) is 0.813. The van der Waals surface area contributed by atoms with Crippen molar-refractivity contribution in [1.29, 1.82) is 0 Å². The third-order valence-corrected chi connectivity index (χ3v) is 4.91. The Bertz CT molecular complexity index is 543. The van der Waals surface area contributed by atoms with Crippen LogP contribution in [-0.2, 0) is 14.9 Å². The van der Waals surface area contributed by atoms with Gasteiger partial charge in [0.15, 0.2) is 0 Å². The summed E-state index contributed by atoms with van der Waals surface area (Å²) in [6, 6.07) is 6.68. The van der Waals surface area contributed by atoms with Gasteiger partial charge in [0, 0.05) is 12.1 Å². The molecule has 0 radical (unpaired) electrons. The number of ether oxygens (including phenoxy) is 1. The summed E-state index contributed by atoms with van der Waals surface area (Å²) in [6.45, 7) is 2.08. The van der Waals surface area contributed by atoms with E-state index in [1.54, 1.807) is 12.1 Å². The van der Waals surface area contributed by atoms with Gasteiger partial charge in [-0.05, 0) is 25.3 Å². The van der Waals surface area contributed by atoms with Crippen molar-refractivity contribution in [2.75, 3.05) is 19.8 Å². The minimum atomic E-state index is -0.589. The average molecular weight is 261 g/mol. The van der Waals surface area contributed by atoms with Crippen LogP contribution in [0.25, 0.3) is 0 Å². The number of hydrogen-bond acceptors (Lipinski definition) is 2. The number of halogens is 1. The van der Waals surface area contributed by atoms with Gasteiger partial charge >= 0.3 is 0 Å². The van der Waals surface area contributed by atoms with Crippen molar-refractivity contribution in [2.45, 2.75) is 30.2 Å². The van der Waals surface area contributed by atoms with Crippen molar-refractivity contribution in [1.82, 2.24) is 4.90 Å². The maximum Gasteiger partial charge on any atom is 0.233 e. The highest BCUT2D eigenvalue weighted by Gasteiger charge is 2.61. The molecule has 2 heterocycles. The minimum absolute atomic E-state index is 0.0576. The summed E-state index contributed by atoms with van der Waals surface area (Å²) in [6.07, 6.45) is 2.55. The molecule has 2 aliphatic heterocycles. The fourth-order valence-corrected chi connectivity index (χ4v) is 3.33. The molecule has 3 aliphatic rings. The number of carbonyl (C=O) groups excluding carboxylic acids is 1. The second-order valence-corrected chi connectivity index (χ2v) is 5.99. The summed E-state index contributed by atoms with van der Waals surface area (Å²) in [7, 11) is 0. The predicted octanol–water partition coefficient (Wildman–Crippen LogP) is 1.86. The van der Waals surface area contributed by atoms with Gasteiger partial charge in [-0.25, -0.2) is 4.39 Å². The zero-order valence-corrected chi connectivity index (χ0v) is 10.7. The molecule has 1 aromatic rings. The standard InChI is InChI=1S/C15H16FNO2/c16-12-4-2-1-3-11(12)15(5-6-15)13(18)17-8-7-14(17)9-19-10-14/h1-4H,5-10H2. The monoisotopic (exact) mass is 261 g/mol. The number of hydrogen-bond donors (Lipinski definition) is 0. The maximum atomic E-state index is 14.0. The molecule has 3 fully saturated rings. The van der Waals surface area contributed by atoms with Gasteiger partial charge in [-0.3, -0.25) is 4.79 Å². The normalized spacial score (nSPS) is 25.6. The molecular formula is C15H16FNO2. The first-order valence-electron chi connectivity index (χ1n) is 6.83. The second kappa shape index (κ2) is 3.57. The molecule has 1 amide bonds. The van der Waals surface area contributed by atoms with Gasteiger partial charge in [-0.1, -0.05) is 18.2 Å². The Kier molecular flexibility index (Phi) is 2.14. The van der Waals surface area contributed by atoms with Crippen LogP contribution in [-0.4, -0.2) is 36.1 Å². The van der Waals surface area contributed by atoms with Crippen molar-refractivity contribution < 1.29 is 13.9 Å². The molecule has 2 saturated heterocycles. The smallest absolute Gasteiger partial charge is 0.233 e. The minimum Gasteiger partial charge on any atom is -0.376 e. The number of amides is 1. The molecule has 1 aliphatic carbocycles. The molecule has 19 heavy (non-hydrogen) atoms. The fourth-order valence-electron chi connectivity index (χ4n) is 3.33. The zero-order chi connectivity index (χ0) is 13.1. The van der Waals surface area contributed by atoms with E-state index in [9.17, 15) is 9.18 Å². The van der Waals surface area contributed by atoms with E-state index in [4.69, 9.17) is 4.74 Å². The van der Waals surface area contributed by atoms with E-state index in [0.717, 1.165) is 25.8 Å². The Morgan fingerprint density at radius 3 is 2.42 bits per heavy atom. The van der Waals surface area contributed by atoms with E-state index in [1.165, 1.54) is 6.07 Å². The Morgan fingerprint density at radius 1 is 1.21 bits per heavy atom. The Morgan fingerprint density at radius 2 is 1.95 bits per heavy atom. The van der Waals surface area contributed by atoms with E-state index in [2.05, 4.69) is 0 Å². The highest BCUT2D eigenvalue weighted by atomic mass is 19.1. The first-order valence-corrected chi connectivity index (χ1v) is 6.83. The Balaban J connectivity index is 1.65. The van der Waals surface area contributed by atoms with Crippen LogP contribution >= 0.6 is 0 Å². The molecule has 0 bridgehead atoms. The van der Waals surface area contributed by atoms with Crippen LogP contribution in [0.5, 0.6) is 0 Å². The summed E-state index contributed by atoms with van der Waals surface area (Å²) in [5.74, 6) is -0.153. The lowest BCUT2D eigenvalue weighted by Gasteiger charge is -2.58. The van der Waals surface area contributed by atoms with Crippen LogP contribution in [0.4, 0.5) is 4.39 Å². The summed E-state index contributed by atoms with van der Waals surface area (Å²) in [5.41, 5.74) is -0.0750. The highest BCUT2D eigenvalue weighted by molar-refractivity contribution is 5.92. The first kappa shape index (κ1) is 11.4. The topological polar surface area (TPSA) is 29.5 Å². The van der Waals surface area contributed by atoms with Crippen LogP contribution < -0.4 is 0 Å². The summed E-state index contributed by atoms with van der Waals surface area (Å²) in [5, 5.41) is 0. The van der Waals surface area contributed by atoms with E-state index >= 15 is 0 Å². The highest BCUT2D eigenvalue weighted by Crippen LogP contribution is 2.53. The van der Waals surface area contributed by atoms with Crippen LogP contribution in [0.15, 0.2) is 24.3 Å². The van der Waals surface area contributed by atoms with Gasteiger partial charge in [0.05, 0.1) is 24.2 Å². The number of benzene rings is 1. The fraction of sp³-hybridized carbons (Fsp3) is 0.533. The van der Waals surface area contributed by atoms with Gasteiger partial charge in [0.25, 0.3) is 0 Å². The lowest BCUT2D eigenvalue weighted by molar-refractivity contribution is -0.201. The molecule has 1 aromatic carbocycles. The van der Waals surface area contributed by atoms with Gasteiger partial charge in [0.1, 0.15) is 5.82 Å². The Hall–Kier alpha value is -1.42. The molecule has 4 heteroatoms. The lowest BCUT2D eigenvalue weighted by atomic mass is 9.80. The number of likely N-dealkylation sites (tertiary alicyclic amines) is 1. The summed E-state index contributed by atoms with van der Waals surface area (Å²) < 4.78 is 19.2. The predicted molar refractivity (Wildman–Crippen MR) is 67.2 cm³/mol. The van der Waals surface area contributed by atoms with E-state index in [-0.39, 0.29) is 17.3 Å². The van der Waals surface area contributed by atoms with Gasteiger partial charge in [-0.15, -0.1) is 0 Å². The molecule has 3 nitrogen and oxygen atoms in total. The van der Waals surface area contributed by atoms with Gasteiger partial charge in [0.2, 0.25) is 5.91 Å². The van der Waals surface area contributed by atoms with E-state index in [1.807, 2.05) is 11.0 Å². The molecule has 1 saturated carbocycles. The molecule has 100 valence electrons. The summed E-state index contributed by atoms with van der Waals surface area (Å²) in [4.78, 5) is 14.7. The number of carbonyl (C=O) groups is 1. The first-order chi connectivity index (χ1) is 9.18. The summed E-state index contributed by atoms with van der Waals surface area (Å²) >= 11 is 0. The van der Waals surface area contributed by atoms with Gasteiger partial charge in [-0.2, -0.15) is 0 Å². The molecule has 0 atom stereocenters. The molecular weight excluding hydrogens is 245 g/mol. The maximum absolute atomic E-state index is 14.0. The average Bonchev–Trinajstić information content (AvgIpc) is 3.07. The van der Waals surface area contributed by atoms with E-state index in [0.29, 0.717) is 18.8 Å². The van der Waals surface area contributed by atoms with Crippen molar-refractivity contribution in [3.05, 3.63) is 35.6 Å². The third kappa shape index (κ3) is 1.38. The Labute approximate surface area is 111 Å².